The number of fused-ring (bicyclic) bond motifs is 1. The highest BCUT2D eigenvalue weighted by Crippen LogP contribution is 2.37. The van der Waals surface area contributed by atoms with Gasteiger partial charge < -0.3 is 19.6 Å². The van der Waals surface area contributed by atoms with Crippen molar-refractivity contribution >= 4 is 16.9 Å². The van der Waals surface area contributed by atoms with E-state index in [1.54, 1.807) is 7.11 Å². The maximum Gasteiger partial charge on any atom is 0.307 e. The second-order valence-electron chi connectivity index (χ2n) is 7.19. The standard InChI is InChI=1S/C25H23NO4/c1-16-7-6-10-19-20(14-23(27)28)25(26-24(16)19)18-11-12-21(22(13-18)29-2)30-15-17-8-4-3-5-9-17/h3-13,26H,14-15H2,1-2H3,(H,27,28). The highest BCUT2D eigenvalue weighted by molar-refractivity contribution is 5.95. The van der Waals surface area contributed by atoms with Gasteiger partial charge in [-0.05, 0) is 41.8 Å². The Morgan fingerprint density at radius 3 is 2.53 bits per heavy atom. The van der Waals surface area contributed by atoms with Crippen LogP contribution in [-0.2, 0) is 17.8 Å². The van der Waals surface area contributed by atoms with Gasteiger partial charge in [-0.3, -0.25) is 4.79 Å². The Hall–Kier alpha value is -3.73. The van der Waals surface area contributed by atoms with Gasteiger partial charge in [0.25, 0.3) is 0 Å². The van der Waals surface area contributed by atoms with E-state index in [9.17, 15) is 9.90 Å². The molecule has 0 spiro atoms. The first-order chi connectivity index (χ1) is 14.6. The molecule has 0 amide bonds. The molecule has 0 bridgehead atoms. The molecule has 3 aromatic carbocycles. The highest BCUT2D eigenvalue weighted by atomic mass is 16.5. The lowest BCUT2D eigenvalue weighted by Gasteiger charge is -2.13. The third-order valence-corrected chi connectivity index (χ3v) is 5.17. The molecule has 152 valence electrons. The number of nitrogens with one attached hydrogen (secondary N) is 1. The fraction of sp³-hybridized carbons (Fsp3) is 0.160. The first-order valence-corrected chi connectivity index (χ1v) is 9.74. The summed E-state index contributed by atoms with van der Waals surface area (Å²) in [5.74, 6) is 0.366. The number of aromatic amines is 1. The molecular weight excluding hydrogens is 378 g/mol. The van der Waals surface area contributed by atoms with E-state index in [0.717, 1.165) is 38.9 Å². The number of aliphatic carboxylic acids is 1. The summed E-state index contributed by atoms with van der Waals surface area (Å²) < 4.78 is 11.5. The van der Waals surface area contributed by atoms with Crippen molar-refractivity contribution in [2.24, 2.45) is 0 Å². The molecule has 0 radical (unpaired) electrons. The van der Waals surface area contributed by atoms with Crippen molar-refractivity contribution in [3.63, 3.8) is 0 Å². The summed E-state index contributed by atoms with van der Waals surface area (Å²) in [5, 5.41) is 10.4. The van der Waals surface area contributed by atoms with E-state index in [4.69, 9.17) is 9.47 Å². The van der Waals surface area contributed by atoms with Gasteiger partial charge in [0.1, 0.15) is 6.61 Å². The van der Waals surface area contributed by atoms with Crippen molar-refractivity contribution in [2.75, 3.05) is 7.11 Å². The Kier molecular flexibility index (Phi) is 5.44. The summed E-state index contributed by atoms with van der Waals surface area (Å²) in [6.45, 7) is 2.45. The Bertz CT molecular complexity index is 1190. The number of rotatable bonds is 7. The molecule has 0 unspecified atom stereocenters. The van der Waals surface area contributed by atoms with E-state index in [1.165, 1.54) is 0 Å². The van der Waals surface area contributed by atoms with E-state index in [2.05, 4.69) is 4.98 Å². The largest absolute Gasteiger partial charge is 0.493 e. The van der Waals surface area contributed by atoms with E-state index in [-0.39, 0.29) is 6.42 Å². The van der Waals surface area contributed by atoms with Crippen LogP contribution in [0.4, 0.5) is 0 Å². The lowest BCUT2D eigenvalue weighted by Crippen LogP contribution is -2.01. The lowest BCUT2D eigenvalue weighted by atomic mass is 10.0. The first-order valence-electron chi connectivity index (χ1n) is 9.74. The Labute approximate surface area is 174 Å². The number of hydrogen-bond donors (Lipinski definition) is 2. The van der Waals surface area contributed by atoms with Crippen LogP contribution in [0.5, 0.6) is 11.5 Å². The number of para-hydroxylation sites is 1. The van der Waals surface area contributed by atoms with Gasteiger partial charge in [-0.15, -0.1) is 0 Å². The van der Waals surface area contributed by atoms with Crippen molar-refractivity contribution in [2.45, 2.75) is 20.0 Å². The van der Waals surface area contributed by atoms with Crippen molar-refractivity contribution in [1.29, 1.82) is 0 Å². The minimum atomic E-state index is -0.867. The minimum absolute atomic E-state index is 0.0621. The fourth-order valence-corrected chi connectivity index (χ4v) is 3.68. The van der Waals surface area contributed by atoms with Crippen molar-refractivity contribution in [3.8, 4) is 22.8 Å². The molecule has 0 atom stereocenters. The van der Waals surface area contributed by atoms with Gasteiger partial charge in [0.15, 0.2) is 11.5 Å². The minimum Gasteiger partial charge on any atom is -0.493 e. The molecule has 30 heavy (non-hydrogen) atoms. The molecule has 5 heteroatoms. The van der Waals surface area contributed by atoms with Gasteiger partial charge in [-0.1, -0.05) is 48.5 Å². The molecule has 2 N–H and O–H groups in total. The van der Waals surface area contributed by atoms with Gasteiger partial charge in [0.2, 0.25) is 0 Å². The normalized spacial score (nSPS) is 10.9. The number of aryl methyl sites for hydroxylation is 1. The van der Waals surface area contributed by atoms with Crippen LogP contribution in [0.25, 0.3) is 22.2 Å². The van der Waals surface area contributed by atoms with Gasteiger partial charge in [-0.25, -0.2) is 0 Å². The first kappa shape index (κ1) is 19.6. The molecule has 4 rings (SSSR count). The van der Waals surface area contributed by atoms with Gasteiger partial charge in [0.05, 0.1) is 19.2 Å². The fourth-order valence-electron chi connectivity index (χ4n) is 3.68. The van der Waals surface area contributed by atoms with Crippen LogP contribution in [-0.4, -0.2) is 23.2 Å². The molecular formula is C25H23NO4. The van der Waals surface area contributed by atoms with Crippen molar-refractivity contribution in [1.82, 2.24) is 4.98 Å². The van der Waals surface area contributed by atoms with Crippen LogP contribution in [0.2, 0.25) is 0 Å². The predicted octanol–water partition coefficient (Wildman–Crippen LogP) is 5.36. The van der Waals surface area contributed by atoms with Crippen LogP contribution in [0, 0.1) is 6.92 Å². The summed E-state index contributed by atoms with van der Waals surface area (Å²) in [5.41, 5.74) is 5.49. The Morgan fingerprint density at radius 2 is 1.80 bits per heavy atom. The molecule has 0 aliphatic carbocycles. The van der Waals surface area contributed by atoms with E-state index in [0.29, 0.717) is 18.1 Å². The second kappa shape index (κ2) is 8.33. The third kappa shape index (κ3) is 3.87. The average Bonchev–Trinajstić information content (AvgIpc) is 3.12. The maximum atomic E-state index is 11.5. The Balaban J connectivity index is 1.73. The number of aromatic nitrogens is 1. The van der Waals surface area contributed by atoms with E-state index in [1.807, 2.05) is 73.7 Å². The summed E-state index contributed by atoms with van der Waals surface area (Å²) in [4.78, 5) is 14.9. The second-order valence-corrected chi connectivity index (χ2v) is 7.19. The quantitative estimate of drug-likeness (QED) is 0.437. The zero-order valence-electron chi connectivity index (χ0n) is 16.9. The third-order valence-electron chi connectivity index (χ3n) is 5.17. The van der Waals surface area contributed by atoms with Crippen molar-refractivity contribution < 1.29 is 19.4 Å². The Morgan fingerprint density at radius 1 is 1.00 bits per heavy atom. The molecule has 0 saturated heterocycles. The maximum absolute atomic E-state index is 11.5. The number of ether oxygens (including phenoxy) is 2. The summed E-state index contributed by atoms with van der Waals surface area (Å²) in [6.07, 6.45) is -0.0621. The average molecular weight is 401 g/mol. The smallest absolute Gasteiger partial charge is 0.307 e. The molecule has 0 fully saturated rings. The zero-order chi connectivity index (χ0) is 21.1. The summed E-state index contributed by atoms with van der Waals surface area (Å²) >= 11 is 0. The van der Waals surface area contributed by atoms with Crippen LogP contribution in [0.15, 0.2) is 66.7 Å². The molecule has 0 saturated carbocycles. The van der Waals surface area contributed by atoms with Gasteiger partial charge in [-0.2, -0.15) is 0 Å². The van der Waals surface area contributed by atoms with Gasteiger partial charge >= 0.3 is 5.97 Å². The number of carbonyl (C=O) groups is 1. The number of carboxylic acid groups (broad SMARTS) is 1. The molecule has 0 aliphatic heterocycles. The molecule has 4 aromatic rings. The van der Waals surface area contributed by atoms with Crippen LogP contribution < -0.4 is 9.47 Å². The highest BCUT2D eigenvalue weighted by Gasteiger charge is 2.18. The number of methoxy groups -OCH3 is 1. The number of H-pyrrole nitrogens is 1. The van der Waals surface area contributed by atoms with Crippen LogP contribution >= 0.6 is 0 Å². The summed E-state index contributed by atoms with van der Waals surface area (Å²) in [6, 6.07) is 21.5. The molecule has 5 nitrogen and oxygen atoms in total. The molecule has 0 aliphatic rings. The number of benzene rings is 3. The topological polar surface area (TPSA) is 71.6 Å². The predicted molar refractivity (Wildman–Crippen MR) is 117 cm³/mol. The van der Waals surface area contributed by atoms with Crippen LogP contribution in [0.1, 0.15) is 16.7 Å². The summed E-state index contributed by atoms with van der Waals surface area (Å²) in [7, 11) is 1.60. The number of carboxylic acids is 1. The van der Waals surface area contributed by atoms with Gasteiger partial charge in [0, 0.05) is 16.5 Å². The monoisotopic (exact) mass is 401 g/mol. The molecule has 1 aromatic heterocycles. The number of hydrogen-bond acceptors (Lipinski definition) is 3. The van der Waals surface area contributed by atoms with E-state index < -0.39 is 5.97 Å². The zero-order valence-corrected chi connectivity index (χ0v) is 16.9. The lowest BCUT2D eigenvalue weighted by molar-refractivity contribution is -0.136. The molecule has 1 heterocycles. The van der Waals surface area contributed by atoms with E-state index >= 15 is 0 Å². The van der Waals surface area contributed by atoms with Crippen molar-refractivity contribution in [3.05, 3.63) is 83.4 Å². The van der Waals surface area contributed by atoms with Crippen LogP contribution in [0.3, 0.4) is 0 Å². The SMILES string of the molecule is COc1cc(-c2[nH]c3c(C)cccc3c2CC(=O)O)ccc1OCc1ccccc1.